The van der Waals surface area contributed by atoms with Gasteiger partial charge in [0.1, 0.15) is 0 Å². The van der Waals surface area contributed by atoms with Crippen LogP contribution in [0.1, 0.15) is 13.2 Å². The van der Waals surface area contributed by atoms with Crippen molar-refractivity contribution in [3.05, 3.63) is 48.9 Å². The first-order valence-corrected chi connectivity index (χ1v) is 6.60. The lowest BCUT2D eigenvalue weighted by Crippen LogP contribution is -2.06. The number of hydrogen-bond donors (Lipinski definition) is 1. The van der Waals surface area contributed by atoms with Gasteiger partial charge >= 0.3 is 0 Å². The van der Waals surface area contributed by atoms with Gasteiger partial charge in [0.05, 0.1) is 11.7 Å². The quantitative estimate of drug-likeness (QED) is 0.589. The molecule has 0 fully saturated rings. The Balaban J connectivity index is 2.19. The molecule has 2 heterocycles. The molecule has 2 N–H and O–H groups in total. The lowest BCUT2D eigenvalue weighted by Gasteiger charge is -2.12. The molecule has 1 atom stereocenters. The molecule has 3 aromatic rings. The Bertz CT molecular complexity index is 778. The van der Waals surface area contributed by atoms with E-state index < -0.39 is 6.23 Å². The van der Waals surface area contributed by atoms with E-state index in [-0.39, 0.29) is 0 Å². The number of rotatable bonds is 4. The van der Waals surface area contributed by atoms with Crippen LogP contribution in [0.15, 0.2) is 48.9 Å². The van der Waals surface area contributed by atoms with E-state index in [0.29, 0.717) is 6.47 Å². The fraction of sp³-hybridized carbons (Fsp3) is 0.125. The number of benzene rings is 1. The van der Waals surface area contributed by atoms with E-state index in [1.54, 1.807) is 12.4 Å². The van der Waals surface area contributed by atoms with Gasteiger partial charge in [0, 0.05) is 29.0 Å². The second-order valence-corrected chi connectivity index (χ2v) is 4.80. The van der Waals surface area contributed by atoms with Gasteiger partial charge in [-0.3, -0.25) is 9.78 Å². The van der Waals surface area contributed by atoms with Gasteiger partial charge in [-0.1, -0.05) is 12.1 Å². The summed E-state index contributed by atoms with van der Waals surface area (Å²) in [6, 6.07) is 9.63. The van der Waals surface area contributed by atoms with Crippen LogP contribution in [0.2, 0.25) is 0 Å². The number of ether oxygens (including phenoxy) is 1. The van der Waals surface area contributed by atoms with Crippen LogP contribution in [0, 0.1) is 0 Å². The molecule has 3 rings (SSSR count). The van der Waals surface area contributed by atoms with Gasteiger partial charge in [-0.2, -0.15) is 0 Å². The van der Waals surface area contributed by atoms with Gasteiger partial charge < -0.3 is 15.0 Å². The molecule has 1 aromatic carbocycles. The van der Waals surface area contributed by atoms with E-state index in [0.717, 1.165) is 27.7 Å². The van der Waals surface area contributed by atoms with Crippen molar-refractivity contribution in [2.75, 3.05) is 5.73 Å². The number of aromatic nitrogens is 2. The van der Waals surface area contributed by atoms with Crippen molar-refractivity contribution in [3.63, 3.8) is 0 Å². The van der Waals surface area contributed by atoms with Gasteiger partial charge in [-0.25, -0.2) is 0 Å². The third-order valence-electron chi connectivity index (χ3n) is 3.50. The Morgan fingerprint density at radius 3 is 2.76 bits per heavy atom. The summed E-state index contributed by atoms with van der Waals surface area (Å²) in [6.07, 6.45) is 5.09. The Morgan fingerprint density at radius 1 is 1.29 bits per heavy atom. The molecule has 0 saturated carbocycles. The average molecular weight is 281 g/mol. The molecule has 0 bridgehead atoms. The highest BCUT2D eigenvalue weighted by atomic mass is 16.5. The minimum absolute atomic E-state index is 0.392. The highest BCUT2D eigenvalue weighted by molar-refractivity contribution is 5.95. The first-order valence-electron chi connectivity index (χ1n) is 6.60. The van der Waals surface area contributed by atoms with Crippen LogP contribution in [-0.4, -0.2) is 16.0 Å². The molecule has 0 aliphatic rings. The maximum Gasteiger partial charge on any atom is 0.295 e. The van der Waals surface area contributed by atoms with Crippen molar-refractivity contribution in [2.45, 2.75) is 13.2 Å². The summed E-state index contributed by atoms with van der Waals surface area (Å²) in [6.45, 7) is 2.27. The molecule has 5 heteroatoms. The van der Waals surface area contributed by atoms with E-state index in [1.807, 2.05) is 48.0 Å². The molecule has 2 aromatic heterocycles. The monoisotopic (exact) mass is 281 g/mol. The van der Waals surface area contributed by atoms with Crippen molar-refractivity contribution in [1.82, 2.24) is 9.55 Å². The molecule has 5 nitrogen and oxygen atoms in total. The number of carbonyl (C=O) groups is 1. The molecule has 21 heavy (non-hydrogen) atoms. The number of hydrogen-bond acceptors (Lipinski definition) is 4. The first kappa shape index (κ1) is 13.2. The zero-order chi connectivity index (χ0) is 14.8. The van der Waals surface area contributed by atoms with Gasteiger partial charge in [0.2, 0.25) is 0 Å². The first-order chi connectivity index (χ1) is 10.2. The summed E-state index contributed by atoms with van der Waals surface area (Å²) in [7, 11) is 0. The van der Waals surface area contributed by atoms with Crippen LogP contribution in [0.3, 0.4) is 0 Å². The minimum Gasteiger partial charge on any atom is -0.444 e. The van der Waals surface area contributed by atoms with E-state index in [1.165, 1.54) is 0 Å². The lowest BCUT2D eigenvalue weighted by molar-refractivity contribution is -0.136. The highest BCUT2D eigenvalue weighted by Gasteiger charge is 2.14. The van der Waals surface area contributed by atoms with E-state index >= 15 is 0 Å². The van der Waals surface area contributed by atoms with Crippen LogP contribution >= 0.6 is 0 Å². The number of carbonyl (C=O) groups excluding carboxylic acids is 1. The number of nitrogen functional groups attached to an aromatic ring is 1. The summed E-state index contributed by atoms with van der Waals surface area (Å²) < 4.78 is 6.93. The molecule has 0 radical (unpaired) electrons. The summed E-state index contributed by atoms with van der Waals surface area (Å²) in [5, 5.41) is 1.05. The van der Waals surface area contributed by atoms with Gasteiger partial charge in [0.15, 0.2) is 6.23 Å². The van der Waals surface area contributed by atoms with Crippen molar-refractivity contribution in [3.8, 4) is 11.1 Å². The second-order valence-electron chi connectivity index (χ2n) is 4.80. The average Bonchev–Trinajstić information content (AvgIpc) is 2.88. The molecule has 1 unspecified atom stereocenters. The van der Waals surface area contributed by atoms with Gasteiger partial charge in [0.25, 0.3) is 6.47 Å². The summed E-state index contributed by atoms with van der Waals surface area (Å²) in [5.74, 6) is 0. The third kappa shape index (κ3) is 2.33. The summed E-state index contributed by atoms with van der Waals surface area (Å²) >= 11 is 0. The number of fused-ring (bicyclic) bond motifs is 1. The Hall–Kier alpha value is -2.82. The maximum absolute atomic E-state index is 10.6. The van der Waals surface area contributed by atoms with Crippen molar-refractivity contribution >= 4 is 23.1 Å². The predicted molar refractivity (Wildman–Crippen MR) is 81.4 cm³/mol. The molecular weight excluding hydrogens is 266 g/mol. The largest absolute Gasteiger partial charge is 0.444 e. The van der Waals surface area contributed by atoms with Crippen LogP contribution in [0.25, 0.3) is 22.0 Å². The van der Waals surface area contributed by atoms with E-state index in [2.05, 4.69) is 4.98 Å². The summed E-state index contributed by atoms with van der Waals surface area (Å²) in [4.78, 5) is 14.7. The van der Waals surface area contributed by atoms with Crippen molar-refractivity contribution < 1.29 is 9.53 Å². The zero-order valence-electron chi connectivity index (χ0n) is 11.6. The minimum atomic E-state index is -0.392. The topological polar surface area (TPSA) is 70.1 Å². The molecule has 0 aliphatic carbocycles. The molecular formula is C16H15N3O2. The number of anilines is 1. The molecule has 106 valence electrons. The van der Waals surface area contributed by atoms with Crippen molar-refractivity contribution in [2.24, 2.45) is 0 Å². The molecule has 0 saturated heterocycles. The van der Waals surface area contributed by atoms with Crippen LogP contribution < -0.4 is 5.73 Å². The third-order valence-corrected chi connectivity index (χ3v) is 3.50. The molecule has 0 aliphatic heterocycles. The van der Waals surface area contributed by atoms with E-state index in [9.17, 15) is 4.79 Å². The van der Waals surface area contributed by atoms with Gasteiger partial charge in [-0.05, 0) is 30.7 Å². The van der Waals surface area contributed by atoms with E-state index in [4.69, 9.17) is 10.5 Å². The Kier molecular flexibility index (Phi) is 3.31. The Labute approximate surface area is 122 Å². The normalized spacial score (nSPS) is 12.2. The molecule has 0 spiro atoms. The number of nitrogens with two attached hydrogens (primary N) is 1. The Morgan fingerprint density at radius 2 is 2.05 bits per heavy atom. The number of pyridine rings is 1. The maximum atomic E-state index is 10.6. The highest BCUT2D eigenvalue weighted by Crippen LogP contribution is 2.32. The second kappa shape index (κ2) is 5.28. The smallest absolute Gasteiger partial charge is 0.295 e. The summed E-state index contributed by atoms with van der Waals surface area (Å²) in [5.41, 5.74) is 9.48. The van der Waals surface area contributed by atoms with Crippen LogP contribution in [0.5, 0.6) is 0 Å². The standard InChI is InChI=1S/C16H15N3O2/c1-11(21-10-20)19-9-15(12-2-4-13(17)5-3-12)14-6-7-18-8-16(14)19/h2-11H,17H2,1H3. The predicted octanol–water partition coefficient (Wildman–Crippen LogP) is 2.98. The fourth-order valence-electron chi connectivity index (χ4n) is 2.44. The lowest BCUT2D eigenvalue weighted by atomic mass is 10.1. The fourth-order valence-corrected chi connectivity index (χ4v) is 2.44. The van der Waals surface area contributed by atoms with Crippen LogP contribution in [-0.2, 0) is 9.53 Å². The van der Waals surface area contributed by atoms with Gasteiger partial charge in [-0.15, -0.1) is 0 Å². The SMILES string of the molecule is CC(OC=O)n1cc(-c2ccc(N)cc2)c2ccncc21. The number of nitrogens with zero attached hydrogens (tertiary/aromatic N) is 2. The zero-order valence-corrected chi connectivity index (χ0v) is 11.6. The van der Waals surface area contributed by atoms with Crippen LogP contribution in [0.4, 0.5) is 5.69 Å². The molecule has 0 amide bonds. The van der Waals surface area contributed by atoms with Crippen molar-refractivity contribution in [1.29, 1.82) is 0 Å².